The zero-order valence-electron chi connectivity index (χ0n) is 25.4. The lowest BCUT2D eigenvalue weighted by atomic mass is 9.63. The number of nitrogens with zero attached hydrogens (tertiary/aromatic N) is 1. The van der Waals surface area contributed by atoms with Gasteiger partial charge in [-0.15, -0.1) is 0 Å². The van der Waals surface area contributed by atoms with E-state index in [0.29, 0.717) is 41.6 Å². The van der Waals surface area contributed by atoms with Gasteiger partial charge in [-0.2, -0.15) is 0 Å². The summed E-state index contributed by atoms with van der Waals surface area (Å²) < 4.78 is 28.5. The summed E-state index contributed by atoms with van der Waals surface area (Å²) in [5.74, 6) is -2.14. The number of nitrogens with two attached hydrogens (primary N) is 1. The molecule has 0 heterocycles. The third-order valence-electron chi connectivity index (χ3n) is 9.18. The SMILES string of the molecule is CCCN(CCC)C(=O)C1=CC(C)=CC(C(N)=O)([C@H](Cc2cc(F)cc(F)c2)[C@@H](O)CNC2CCCC(C)C2C)C1. The van der Waals surface area contributed by atoms with Gasteiger partial charge in [-0.3, -0.25) is 9.59 Å². The van der Waals surface area contributed by atoms with Gasteiger partial charge in [0.25, 0.3) is 0 Å². The van der Waals surface area contributed by atoms with E-state index in [4.69, 9.17) is 5.73 Å². The van der Waals surface area contributed by atoms with Crippen molar-refractivity contribution >= 4 is 11.8 Å². The van der Waals surface area contributed by atoms with E-state index in [0.717, 1.165) is 31.7 Å². The quantitative estimate of drug-likeness (QED) is 0.299. The van der Waals surface area contributed by atoms with Crippen LogP contribution in [0.2, 0.25) is 0 Å². The normalized spacial score (nSPS) is 26.1. The van der Waals surface area contributed by atoms with Crippen LogP contribution in [0.3, 0.4) is 0 Å². The number of carbonyl (C=O) groups is 2. The highest BCUT2D eigenvalue weighted by Crippen LogP contribution is 2.44. The van der Waals surface area contributed by atoms with Crippen LogP contribution in [0.15, 0.2) is 41.5 Å². The van der Waals surface area contributed by atoms with Crippen LogP contribution in [0.4, 0.5) is 8.78 Å². The van der Waals surface area contributed by atoms with E-state index in [-0.39, 0.29) is 31.3 Å². The molecule has 1 aromatic rings. The molecule has 0 radical (unpaired) electrons. The van der Waals surface area contributed by atoms with E-state index < -0.39 is 35.0 Å². The Labute approximate surface area is 244 Å². The van der Waals surface area contributed by atoms with Gasteiger partial charge in [-0.25, -0.2) is 8.78 Å². The second kappa shape index (κ2) is 14.5. The summed E-state index contributed by atoms with van der Waals surface area (Å²) in [6.07, 6.45) is 7.33. The number of amides is 2. The number of nitrogens with one attached hydrogen (secondary N) is 1. The van der Waals surface area contributed by atoms with Crippen LogP contribution in [0, 0.1) is 34.8 Å². The van der Waals surface area contributed by atoms with Gasteiger partial charge >= 0.3 is 0 Å². The standard InChI is InChI=1S/C33H49F2N3O3/c1-6-11-38(12-7-2)31(40)25-13-21(3)18-33(19-25,32(36)41)28(16-24-14-26(34)17-27(35)15-24)30(39)20-37-29-10-8-9-22(4)23(29)5/h13-15,17-18,22-23,28-30,37,39H,6-12,16,19-20H2,1-5H3,(H2,36,41)/t22?,23?,28-,29?,30+,33?/m1/s1. The van der Waals surface area contributed by atoms with Crippen LogP contribution >= 0.6 is 0 Å². The van der Waals surface area contributed by atoms with Gasteiger partial charge in [-0.05, 0) is 68.6 Å². The lowest BCUT2D eigenvalue weighted by Crippen LogP contribution is -2.53. The zero-order chi connectivity index (χ0) is 30.3. The average molecular weight is 574 g/mol. The molecule has 2 amide bonds. The summed E-state index contributed by atoms with van der Waals surface area (Å²) in [5, 5.41) is 15.3. The van der Waals surface area contributed by atoms with Gasteiger partial charge in [0.15, 0.2) is 0 Å². The zero-order valence-corrected chi connectivity index (χ0v) is 25.4. The fraction of sp³-hybridized carbons (Fsp3) is 0.636. The number of hydrogen-bond donors (Lipinski definition) is 3. The Morgan fingerprint density at radius 3 is 2.34 bits per heavy atom. The maximum Gasteiger partial charge on any atom is 0.249 e. The number of carbonyl (C=O) groups excluding carboxylic acids is 2. The summed E-state index contributed by atoms with van der Waals surface area (Å²) in [4.78, 5) is 28.9. The molecule has 228 valence electrons. The predicted octanol–water partition coefficient (Wildman–Crippen LogP) is 5.30. The number of allylic oxidation sites excluding steroid dienone is 2. The van der Waals surface area contributed by atoms with E-state index in [1.54, 1.807) is 17.1 Å². The predicted molar refractivity (Wildman–Crippen MR) is 159 cm³/mol. The molecule has 4 N–H and O–H groups in total. The summed E-state index contributed by atoms with van der Waals surface area (Å²) in [6, 6.07) is 3.46. The summed E-state index contributed by atoms with van der Waals surface area (Å²) >= 11 is 0. The summed E-state index contributed by atoms with van der Waals surface area (Å²) in [6.45, 7) is 11.6. The van der Waals surface area contributed by atoms with Crippen LogP contribution in [0.25, 0.3) is 0 Å². The first kappa shape index (κ1) is 32.9. The molecule has 1 saturated carbocycles. The molecule has 8 heteroatoms. The van der Waals surface area contributed by atoms with Gasteiger partial charge in [0.1, 0.15) is 11.6 Å². The van der Waals surface area contributed by atoms with Gasteiger partial charge in [-0.1, -0.05) is 58.3 Å². The van der Waals surface area contributed by atoms with E-state index in [1.165, 1.54) is 18.6 Å². The van der Waals surface area contributed by atoms with Crippen molar-refractivity contribution in [3.63, 3.8) is 0 Å². The molecule has 0 bridgehead atoms. The molecule has 1 fully saturated rings. The highest BCUT2D eigenvalue weighted by Gasteiger charge is 2.48. The Morgan fingerprint density at radius 1 is 1.12 bits per heavy atom. The molecule has 0 aromatic heterocycles. The van der Waals surface area contributed by atoms with E-state index in [2.05, 4.69) is 19.2 Å². The molecule has 4 unspecified atom stereocenters. The molecule has 0 aliphatic heterocycles. The third-order valence-corrected chi connectivity index (χ3v) is 9.18. The first-order valence-electron chi connectivity index (χ1n) is 15.3. The highest BCUT2D eigenvalue weighted by molar-refractivity contribution is 5.96. The second-order valence-electron chi connectivity index (χ2n) is 12.4. The minimum Gasteiger partial charge on any atom is -0.391 e. The monoisotopic (exact) mass is 573 g/mol. The number of halogens is 2. The lowest BCUT2D eigenvalue weighted by Gasteiger charge is -2.43. The van der Waals surface area contributed by atoms with E-state index in [1.807, 2.05) is 20.8 Å². The van der Waals surface area contributed by atoms with Gasteiger partial charge < -0.3 is 21.1 Å². The topological polar surface area (TPSA) is 95.7 Å². The number of aliphatic hydroxyl groups is 1. The van der Waals surface area contributed by atoms with Crippen molar-refractivity contribution in [3.05, 3.63) is 58.7 Å². The third kappa shape index (κ3) is 8.04. The van der Waals surface area contributed by atoms with Gasteiger partial charge in [0.05, 0.1) is 11.5 Å². The molecule has 0 spiro atoms. The van der Waals surface area contributed by atoms with Crippen LogP contribution < -0.4 is 11.1 Å². The average Bonchev–Trinajstić information content (AvgIpc) is 2.90. The minimum absolute atomic E-state index is 0.00990. The first-order valence-corrected chi connectivity index (χ1v) is 15.3. The first-order chi connectivity index (χ1) is 19.4. The fourth-order valence-corrected chi connectivity index (χ4v) is 6.84. The van der Waals surface area contributed by atoms with Crippen molar-refractivity contribution < 1.29 is 23.5 Å². The molecule has 2 aliphatic rings. The Balaban J connectivity index is 2.00. The van der Waals surface area contributed by atoms with Crippen molar-refractivity contribution in [2.75, 3.05) is 19.6 Å². The number of rotatable bonds is 13. The molecule has 1 aromatic carbocycles. The molecule has 3 rings (SSSR count). The van der Waals surface area contributed by atoms with Crippen molar-refractivity contribution in [3.8, 4) is 0 Å². The number of aliphatic hydroxyl groups excluding tert-OH is 1. The fourth-order valence-electron chi connectivity index (χ4n) is 6.84. The van der Waals surface area contributed by atoms with Gasteiger partial charge in [0, 0.05) is 43.2 Å². The van der Waals surface area contributed by atoms with Crippen LogP contribution in [0.1, 0.15) is 78.7 Å². The maximum atomic E-state index is 14.2. The van der Waals surface area contributed by atoms with Crippen LogP contribution in [-0.4, -0.2) is 53.6 Å². The molecular formula is C33H49F2N3O3. The largest absolute Gasteiger partial charge is 0.391 e. The molecule has 6 nitrogen and oxygen atoms in total. The highest BCUT2D eigenvalue weighted by atomic mass is 19.1. The minimum atomic E-state index is -1.43. The lowest BCUT2D eigenvalue weighted by molar-refractivity contribution is -0.132. The molecule has 0 saturated heterocycles. The second-order valence-corrected chi connectivity index (χ2v) is 12.4. The maximum absolute atomic E-state index is 14.2. The van der Waals surface area contributed by atoms with Crippen LogP contribution in [0.5, 0.6) is 0 Å². The number of benzene rings is 1. The van der Waals surface area contributed by atoms with Crippen LogP contribution in [-0.2, 0) is 16.0 Å². The van der Waals surface area contributed by atoms with Gasteiger partial charge in [0.2, 0.25) is 11.8 Å². The summed E-state index contributed by atoms with van der Waals surface area (Å²) in [7, 11) is 0. The van der Waals surface area contributed by atoms with E-state index in [9.17, 15) is 23.5 Å². The van der Waals surface area contributed by atoms with Crippen molar-refractivity contribution in [1.82, 2.24) is 10.2 Å². The number of hydrogen-bond acceptors (Lipinski definition) is 4. The van der Waals surface area contributed by atoms with E-state index >= 15 is 0 Å². The summed E-state index contributed by atoms with van der Waals surface area (Å²) in [5.41, 5.74) is 6.17. The molecule has 41 heavy (non-hydrogen) atoms. The van der Waals surface area contributed by atoms with Crippen molar-refractivity contribution in [2.45, 2.75) is 91.7 Å². The molecule has 2 aliphatic carbocycles. The Bertz CT molecular complexity index is 1110. The Kier molecular flexibility index (Phi) is 11.7. The molecule has 6 atom stereocenters. The smallest absolute Gasteiger partial charge is 0.249 e. The van der Waals surface area contributed by atoms with Crippen molar-refractivity contribution in [1.29, 1.82) is 0 Å². The Morgan fingerprint density at radius 2 is 1.76 bits per heavy atom. The number of primary amides is 1. The van der Waals surface area contributed by atoms with Crippen molar-refractivity contribution in [2.24, 2.45) is 28.9 Å². The molecular weight excluding hydrogens is 524 g/mol. The Hall–Kier alpha value is -2.58.